The van der Waals surface area contributed by atoms with E-state index in [2.05, 4.69) is 39.0 Å². The highest BCUT2D eigenvalue weighted by molar-refractivity contribution is 7.41. The van der Waals surface area contributed by atoms with Gasteiger partial charge in [0.25, 0.3) is 0 Å². The fourth-order valence-electron chi connectivity index (χ4n) is 3.84. The molecule has 0 heterocycles. The molecule has 2 rings (SSSR count). The second-order valence-corrected chi connectivity index (χ2v) is 8.76. The minimum absolute atomic E-state index is 0.548. The summed E-state index contributed by atoms with van der Waals surface area (Å²) in [6.45, 7) is 8.99. The van der Waals surface area contributed by atoms with E-state index in [4.69, 9.17) is 9.05 Å². The second-order valence-electron chi connectivity index (χ2n) is 7.84. The van der Waals surface area contributed by atoms with Gasteiger partial charge in [-0.25, -0.2) is 0 Å². The molecule has 2 aromatic rings. The maximum Gasteiger partial charge on any atom is 0.394 e. The number of unbranched alkanes of at least 4 members (excludes halogenated alkanes) is 7. The average Bonchev–Trinajstić information content (AvgIpc) is 2.70. The van der Waals surface area contributed by atoms with Crippen molar-refractivity contribution < 1.29 is 13.9 Å². The van der Waals surface area contributed by atoms with Crippen molar-refractivity contribution in [3.05, 3.63) is 53.1 Å². The Hall–Kier alpha value is -1.41. The molecule has 0 aliphatic carbocycles. The van der Waals surface area contributed by atoms with Gasteiger partial charge >= 0.3 is 8.60 Å². The largest absolute Gasteiger partial charge is 0.426 e. The molecule has 1 unspecified atom stereocenters. The van der Waals surface area contributed by atoms with Gasteiger partial charge in [0.1, 0.15) is 5.75 Å². The molecule has 1 N–H and O–H groups in total. The van der Waals surface area contributed by atoms with Crippen LogP contribution < -0.4 is 4.52 Å². The smallest absolute Gasteiger partial charge is 0.394 e. The van der Waals surface area contributed by atoms with E-state index in [-0.39, 0.29) is 0 Å². The molecule has 0 aliphatic heterocycles. The molecule has 3 nitrogen and oxygen atoms in total. The highest BCUT2D eigenvalue weighted by atomic mass is 31.2. The summed E-state index contributed by atoms with van der Waals surface area (Å²) in [4.78, 5) is 10.3. The summed E-state index contributed by atoms with van der Waals surface area (Å²) in [5, 5.41) is 0. The zero-order valence-corrected chi connectivity index (χ0v) is 19.4. The Morgan fingerprint density at radius 2 is 1.45 bits per heavy atom. The molecule has 0 aliphatic rings. The van der Waals surface area contributed by atoms with E-state index >= 15 is 0 Å². The average molecular weight is 417 g/mol. The van der Waals surface area contributed by atoms with Crippen LogP contribution in [0.1, 0.15) is 75.0 Å². The van der Waals surface area contributed by atoms with E-state index < -0.39 is 8.60 Å². The van der Waals surface area contributed by atoms with Gasteiger partial charge in [0.15, 0.2) is 0 Å². The summed E-state index contributed by atoms with van der Waals surface area (Å²) in [5.74, 6) is 0.735. The molecule has 160 valence electrons. The predicted molar refractivity (Wildman–Crippen MR) is 124 cm³/mol. The molecular weight excluding hydrogens is 379 g/mol. The second kappa shape index (κ2) is 13.0. The van der Waals surface area contributed by atoms with E-state index in [0.29, 0.717) is 6.61 Å². The summed E-state index contributed by atoms with van der Waals surface area (Å²) in [7, 11) is -1.91. The third-order valence-corrected chi connectivity index (χ3v) is 6.07. The van der Waals surface area contributed by atoms with Crippen LogP contribution in [0.25, 0.3) is 11.1 Å². The molecular formula is C25H37O3P. The highest BCUT2D eigenvalue weighted by Gasteiger charge is 2.18. The summed E-state index contributed by atoms with van der Waals surface area (Å²) in [6.07, 6.45) is 9.99. The Balaban J connectivity index is 1.85. The van der Waals surface area contributed by atoms with E-state index in [1.165, 1.54) is 44.1 Å². The fourth-order valence-corrected chi connectivity index (χ4v) is 4.62. The van der Waals surface area contributed by atoms with Gasteiger partial charge in [0.2, 0.25) is 0 Å². The first-order valence-corrected chi connectivity index (χ1v) is 12.1. The molecule has 0 aromatic heterocycles. The fraction of sp³-hybridized carbons (Fsp3) is 0.520. The SMILES string of the molecule is CCCCCCCCCCOP(O)Oc1c(C)cc(C)c(-c2ccccc2)c1C. The maximum absolute atomic E-state index is 10.3. The lowest BCUT2D eigenvalue weighted by Gasteiger charge is -2.19. The van der Waals surface area contributed by atoms with Crippen LogP contribution in [0.3, 0.4) is 0 Å². The number of hydrogen-bond acceptors (Lipinski definition) is 3. The monoisotopic (exact) mass is 416 g/mol. The van der Waals surface area contributed by atoms with Gasteiger partial charge in [-0.15, -0.1) is 0 Å². The lowest BCUT2D eigenvalue weighted by Crippen LogP contribution is -2.00. The van der Waals surface area contributed by atoms with Crippen LogP contribution in [-0.4, -0.2) is 11.5 Å². The number of benzene rings is 2. The Bertz CT molecular complexity index is 731. The topological polar surface area (TPSA) is 38.7 Å². The third kappa shape index (κ3) is 7.74. The van der Waals surface area contributed by atoms with Gasteiger partial charge in [-0.1, -0.05) is 88.3 Å². The van der Waals surface area contributed by atoms with Gasteiger partial charge in [-0.2, -0.15) is 0 Å². The summed E-state index contributed by atoms with van der Waals surface area (Å²) < 4.78 is 11.4. The molecule has 0 fully saturated rings. The minimum atomic E-state index is -1.91. The quantitative estimate of drug-likeness (QED) is 0.265. The molecule has 0 spiro atoms. The van der Waals surface area contributed by atoms with Gasteiger partial charge in [-0.05, 0) is 55.0 Å². The van der Waals surface area contributed by atoms with E-state index in [1.807, 2.05) is 25.1 Å². The van der Waals surface area contributed by atoms with Crippen molar-refractivity contribution in [3.63, 3.8) is 0 Å². The lowest BCUT2D eigenvalue weighted by atomic mass is 9.93. The number of hydrogen-bond donors (Lipinski definition) is 1. The van der Waals surface area contributed by atoms with Crippen molar-refractivity contribution >= 4 is 8.60 Å². The Morgan fingerprint density at radius 1 is 0.828 bits per heavy atom. The van der Waals surface area contributed by atoms with Crippen LogP contribution in [-0.2, 0) is 4.52 Å². The molecule has 0 radical (unpaired) electrons. The normalized spacial score (nSPS) is 12.2. The molecule has 0 saturated heterocycles. The first-order chi connectivity index (χ1) is 14.0. The first kappa shape index (κ1) is 23.9. The Labute approximate surface area is 178 Å². The van der Waals surface area contributed by atoms with Gasteiger partial charge in [0, 0.05) is 0 Å². The molecule has 1 atom stereocenters. The van der Waals surface area contributed by atoms with Gasteiger partial charge in [0.05, 0.1) is 6.61 Å². The van der Waals surface area contributed by atoms with Crippen molar-refractivity contribution in [2.45, 2.75) is 79.1 Å². The minimum Gasteiger partial charge on any atom is -0.426 e. The highest BCUT2D eigenvalue weighted by Crippen LogP contribution is 2.42. The van der Waals surface area contributed by atoms with Gasteiger partial charge < -0.3 is 13.9 Å². The first-order valence-electron chi connectivity index (χ1n) is 11.0. The van der Waals surface area contributed by atoms with Crippen LogP contribution in [0.5, 0.6) is 5.75 Å². The van der Waals surface area contributed by atoms with Crippen LogP contribution >= 0.6 is 8.60 Å². The van der Waals surface area contributed by atoms with Crippen molar-refractivity contribution in [2.75, 3.05) is 6.61 Å². The molecule has 4 heteroatoms. The Morgan fingerprint density at radius 3 is 2.10 bits per heavy atom. The summed E-state index contributed by atoms with van der Waals surface area (Å²) in [6, 6.07) is 12.4. The van der Waals surface area contributed by atoms with Crippen molar-refractivity contribution in [3.8, 4) is 16.9 Å². The third-order valence-electron chi connectivity index (χ3n) is 5.33. The van der Waals surface area contributed by atoms with Crippen molar-refractivity contribution in [2.24, 2.45) is 0 Å². The lowest BCUT2D eigenvalue weighted by molar-refractivity contribution is 0.252. The molecule has 2 aromatic carbocycles. The molecule has 29 heavy (non-hydrogen) atoms. The van der Waals surface area contributed by atoms with E-state index in [1.54, 1.807) is 0 Å². The van der Waals surface area contributed by atoms with Crippen molar-refractivity contribution in [1.29, 1.82) is 0 Å². The summed E-state index contributed by atoms with van der Waals surface area (Å²) >= 11 is 0. The van der Waals surface area contributed by atoms with Crippen LogP contribution in [0, 0.1) is 20.8 Å². The zero-order valence-electron chi connectivity index (χ0n) is 18.5. The number of aryl methyl sites for hydroxylation is 2. The van der Waals surface area contributed by atoms with Crippen molar-refractivity contribution in [1.82, 2.24) is 0 Å². The molecule has 0 saturated carbocycles. The number of rotatable bonds is 13. The van der Waals surface area contributed by atoms with E-state index in [9.17, 15) is 4.89 Å². The standard InChI is InChI=1S/C25H37O3P/c1-5-6-7-8-9-10-11-15-18-27-29(26)28-25-21(3)19-20(2)24(22(25)4)23-16-13-12-14-17-23/h12-14,16-17,19,26H,5-11,15,18H2,1-4H3. The molecule has 0 amide bonds. The van der Waals surface area contributed by atoms with Crippen LogP contribution in [0.2, 0.25) is 0 Å². The zero-order chi connectivity index (χ0) is 21.1. The maximum atomic E-state index is 10.3. The predicted octanol–water partition coefficient (Wildman–Crippen LogP) is 8.03. The Kier molecular flexibility index (Phi) is 10.7. The van der Waals surface area contributed by atoms with Gasteiger partial charge in [-0.3, -0.25) is 0 Å². The van der Waals surface area contributed by atoms with Crippen LogP contribution in [0.4, 0.5) is 0 Å². The van der Waals surface area contributed by atoms with Crippen LogP contribution in [0.15, 0.2) is 36.4 Å². The molecule has 0 bridgehead atoms. The summed E-state index contributed by atoms with van der Waals surface area (Å²) in [5.41, 5.74) is 5.61. The van der Waals surface area contributed by atoms with E-state index in [0.717, 1.165) is 40.8 Å².